The van der Waals surface area contributed by atoms with E-state index in [0.29, 0.717) is 0 Å². The van der Waals surface area contributed by atoms with Gasteiger partial charge in [0.1, 0.15) is 0 Å². The maximum atomic E-state index is 10.7. The van der Waals surface area contributed by atoms with E-state index in [2.05, 4.69) is 5.10 Å². The van der Waals surface area contributed by atoms with E-state index >= 15 is 0 Å². The molecule has 0 bridgehead atoms. The molecule has 1 aliphatic carbocycles. The lowest BCUT2D eigenvalue weighted by molar-refractivity contribution is -0.137. The van der Waals surface area contributed by atoms with Gasteiger partial charge in [-0.25, -0.2) is 0 Å². The highest BCUT2D eigenvalue weighted by molar-refractivity contribution is 5.70. The van der Waals surface area contributed by atoms with E-state index in [1.54, 1.807) is 4.68 Å². The Bertz CT molecular complexity index is 377. The minimum Gasteiger partial charge on any atom is -0.481 e. The Morgan fingerprint density at radius 3 is 2.71 bits per heavy atom. The van der Waals surface area contributed by atoms with Crippen LogP contribution in [0.5, 0.6) is 0 Å². The molecule has 0 aliphatic heterocycles. The van der Waals surface area contributed by atoms with Crippen molar-refractivity contribution in [3.63, 3.8) is 0 Å². The lowest BCUT2D eigenvalue weighted by Crippen LogP contribution is -2.13. The third kappa shape index (κ3) is 1.41. The number of carboxylic acid groups (broad SMARTS) is 1. The summed E-state index contributed by atoms with van der Waals surface area (Å²) in [7, 11) is 1.87. The molecule has 1 heterocycles. The zero-order valence-corrected chi connectivity index (χ0v) is 8.45. The second kappa shape index (κ2) is 2.83. The lowest BCUT2D eigenvalue weighted by Gasteiger charge is -2.10. The summed E-state index contributed by atoms with van der Waals surface area (Å²) in [5.74, 6) is -0.717. The number of aliphatic carboxylic acids is 1. The first kappa shape index (κ1) is 9.24. The van der Waals surface area contributed by atoms with Gasteiger partial charge in [0, 0.05) is 18.7 Å². The summed E-state index contributed by atoms with van der Waals surface area (Å²) in [5.41, 5.74) is 1.97. The molecule has 1 saturated carbocycles. The van der Waals surface area contributed by atoms with Crippen LogP contribution in [0.4, 0.5) is 0 Å². The molecule has 0 saturated heterocycles. The van der Waals surface area contributed by atoms with Gasteiger partial charge in [-0.15, -0.1) is 0 Å². The number of carboxylic acids is 1. The van der Waals surface area contributed by atoms with Crippen LogP contribution in [0.3, 0.4) is 0 Å². The van der Waals surface area contributed by atoms with Gasteiger partial charge in [-0.05, 0) is 25.3 Å². The summed E-state index contributed by atoms with van der Waals surface area (Å²) in [6.07, 6.45) is 4.14. The van der Waals surface area contributed by atoms with E-state index in [1.165, 1.54) is 0 Å². The molecule has 0 unspecified atom stereocenters. The molecule has 1 N–H and O–H groups in total. The van der Waals surface area contributed by atoms with Crippen LogP contribution in [0, 0.1) is 6.92 Å². The largest absolute Gasteiger partial charge is 0.481 e. The first-order valence-corrected chi connectivity index (χ1v) is 4.76. The van der Waals surface area contributed by atoms with Crippen molar-refractivity contribution in [2.75, 3.05) is 0 Å². The fourth-order valence-electron chi connectivity index (χ4n) is 2.10. The molecule has 0 atom stereocenters. The molecule has 0 spiro atoms. The summed E-state index contributed by atoms with van der Waals surface area (Å²) in [4.78, 5) is 10.7. The predicted octanol–water partition coefficient (Wildman–Crippen LogP) is 1.23. The SMILES string of the molecule is Cc1nn(C)cc1C1(CC(=O)O)CC1. The standard InChI is InChI=1S/C10H14N2O2/c1-7-8(6-12(2)11-7)10(3-4-10)5-9(13)14/h6H,3-5H2,1-2H3,(H,13,14). The Hall–Kier alpha value is -1.32. The van der Waals surface area contributed by atoms with Gasteiger partial charge in [0.2, 0.25) is 0 Å². The Morgan fingerprint density at radius 2 is 2.36 bits per heavy atom. The minimum absolute atomic E-state index is 0.107. The number of carbonyl (C=O) groups is 1. The van der Waals surface area contributed by atoms with Crippen LogP contribution in [0.1, 0.15) is 30.5 Å². The minimum atomic E-state index is -0.717. The van der Waals surface area contributed by atoms with Gasteiger partial charge in [-0.2, -0.15) is 5.10 Å². The molecule has 1 aromatic rings. The first-order chi connectivity index (χ1) is 6.53. The van der Waals surface area contributed by atoms with Gasteiger partial charge in [0.25, 0.3) is 0 Å². The highest BCUT2D eigenvalue weighted by atomic mass is 16.4. The first-order valence-electron chi connectivity index (χ1n) is 4.76. The average Bonchev–Trinajstić information content (AvgIpc) is 2.72. The van der Waals surface area contributed by atoms with Gasteiger partial charge in [0.05, 0.1) is 12.1 Å². The normalized spacial score (nSPS) is 18.1. The molecular formula is C10H14N2O2. The van der Waals surface area contributed by atoms with Crippen LogP contribution >= 0.6 is 0 Å². The third-order valence-corrected chi connectivity index (χ3v) is 2.93. The zero-order valence-electron chi connectivity index (χ0n) is 8.45. The van der Waals surface area contributed by atoms with Crippen LogP contribution < -0.4 is 0 Å². The fourth-order valence-corrected chi connectivity index (χ4v) is 2.10. The van der Waals surface area contributed by atoms with E-state index in [-0.39, 0.29) is 11.8 Å². The molecule has 0 aromatic carbocycles. The Balaban J connectivity index is 2.30. The lowest BCUT2D eigenvalue weighted by atomic mass is 9.93. The predicted molar refractivity (Wildman–Crippen MR) is 51.1 cm³/mol. The van der Waals surface area contributed by atoms with Gasteiger partial charge in [-0.1, -0.05) is 0 Å². The molecule has 2 rings (SSSR count). The van der Waals surface area contributed by atoms with Crippen molar-refractivity contribution in [1.82, 2.24) is 9.78 Å². The van der Waals surface area contributed by atoms with E-state index in [4.69, 9.17) is 5.11 Å². The molecule has 14 heavy (non-hydrogen) atoms. The summed E-state index contributed by atoms with van der Waals surface area (Å²) >= 11 is 0. The van der Waals surface area contributed by atoms with Crippen molar-refractivity contribution in [3.8, 4) is 0 Å². The Labute approximate surface area is 82.5 Å². The number of hydrogen-bond acceptors (Lipinski definition) is 2. The van der Waals surface area contributed by atoms with Crippen LogP contribution in [-0.4, -0.2) is 20.9 Å². The molecular weight excluding hydrogens is 180 g/mol. The quantitative estimate of drug-likeness (QED) is 0.787. The second-order valence-electron chi connectivity index (χ2n) is 4.15. The topological polar surface area (TPSA) is 55.1 Å². The zero-order chi connectivity index (χ0) is 10.3. The number of rotatable bonds is 3. The summed E-state index contributed by atoms with van der Waals surface area (Å²) in [6, 6.07) is 0. The average molecular weight is 194 g/mol. The molecule has 1 aromatic heterocycles. The van der Waals surface area contributed by atoms with Crippen molar-refractivity contribution in [1.29, 1.82) is 0 Å². The van der Waals surface area contributed by atoms with Gasteiger partial charge < -0.3 is 5.11 Å². The summed E-state index contributed by atoms with van der Waals surface area (Å²) in [5, 5.41) is 13.1. The molecule has 0 radical (unpaired) electrons. The highest BCUT2D eigenvalue weighted by Gasteiger charge is 2.47. The van der Waals surface area contributed by atoms with Crippen molar-refractivity contribution in [2.45, 2.75) is 31.6 Å². The van der Waals surface area contributed by atoms with E-state index in [1.807, 2.05) is 20.2 Å². The number of nitrogens with zero attached hydrogens (tertiary/aromatic N) is 2. The fraction of sp³-hybridized carbons (Fsp3) is 0.600. The van der Waals surface area contributed by atoms with Crippen LogP contribution in [0.2, 0.25) is 0 Å². The van der Waals surface area contributed by atoms with E-state index in [9.17, 15) is 4.79 Å². The van der Waals surface area contributed by atoms with Crippen LogP contribution in [0.15, 0.2) is 6.20 Å². The number of hydrogen-bond donors (Lipinski definition) is 1. The summed E-state index contributed by atoms with van der Waals surface area (Å²) in [6.45, 7) is 1.94. The van der Waals surface area contributed by atoms with Gasteiger partial charge >= 0.3 is 5.97 Å². The van der Waals surface area contributed by atoms with Crippen LogP contribution in [-0.2, 0) is 17.3 Å². The summed E-state index contributed by atoms with van der Waals surface area (Å²) < 4.78 is 1.76. The second-order valence-corrected chi connectivity index (χ2v) is 4.15. The number of aryl methyl sites for hydroxylation is 2. The van der Waals surface area contributed by atoms with Gasteiger partial charge in [-0.3, -0.25) is 9.48 Å². The van der Waals surface area contributed by atoms with Crippen molar-refractivity contribution < 1.29 is 9.90 Å². The maximum absolute atomic E-state index is 10.7. The molecule has 1 aliphatic rings. The van der Waals surface area contributed by atoms with Crippen LogP contribution in [0.25, 0.3) is 0 Å². The Morgan fingerprint density at radius 1 is 1.71 bits per heavy atom. The van der Waals surface area contributed by atoms with Gasteiger partial charge in [0.15, 0.2) is 0 Å². The molecule has 0 amide bonds. The monoisotopic (exact) mass is 194 g/mol. The van der Waals surface area contributed by atoms with E-state index < -0.39 is 5.97 Å². The smallest absolute Gasteiger partial charge is 0.304 e. The molecule has 4 heteroatoms. The molecule has 76 valence electrons. The van der Waals surface area contributed by atoms with Crippen molar-refractivity contribution in [3.05, 3.63) is 17.5 Å². The van der Waals surface area contributed by atoms with Crippen molar-refractivity contribution >= 4 is 5.97 Å². The molecule has 1 fully saturated rings. The highest BCUT2D eigenvalue weighted by Crippen LogP contribution is 2.51. The third-order valence-electron chi connectivity index (χ3n) is 2.93. The molecule has 4 nitrogen and oxygen atoms in total. The van der Waals surface area contributed by atoms with Crippen molar-refractivity contribution in [2.24, 2.45) is 7.05 Å². The Kier molecular flexibility index (Phi) is 1.87. The maximum Gasteiger partial charge on any atom is 0.304 e. The van der Waals surface area contributed by atoms with E-state index in [0.717, 1.165) is 24.1 Å². The number of aromatic nitrogens is 2.